The van der Waals surface area contributed by atoms with Crippen LogP contribution in [0.4, 0.5) is 5.95 Å². The molecule has 6 heteroatoms. The van der Waals surface area contributed by atoms with Crippen LogP contribution >= 0.6 is 0 Å². The Morgan fingerprint density at radius 3 is 2.70 bits per heavy atom. The molecule has 0 aliphatic rings. The Bertz CT molecular complexity index is 623. The molecule has 0 aromatic carbocycles. The Morgan fingerprint density at radius 1 is 1.35 bits per heavy atom. The van der Waals surface area contributed by atoms with E-state index in [2.05, 4.69) is 20.4 Å². The van der Waals surface area contributed by atoms with E-state index in [9.17, 15) is 4.79 Å². The number of aromatic amines is 1. The molecule has 2 heterocycles. The topological polar surface area (TPSA) is 83.8 Å². The van der Waals surface area contributed by atoms with E-state index in [1.54, 1.807) is 0 Å². The minimum absolute atomic E-state index is 0.142. The van der Waals surface area contributed by atoms with Gasteiger partial charge in [-0.05, 0) is 40.5 Å². The molecule has 0 aliphatic carbocycles. The molecule has 0 bridgehead atoms. The van der Waals surface area contributed by atoms with E-state index in [1.807, 2.05) is 27.7 Å². The third kappa shape index (κ3) is 3.46. The summed E-state index contributed by atoms with van der Waals surface area (Å²) in [5, 5.41) is 7.03. The second-order valence-electron chi connectivity index (χ2n) is 5.19. The normalized spacial score (nSPS) is 11.1. The molecule has 0 atom stereocenters. The van der Waals surface area contributed by atoms with Crippen molar-refractivity contribution in [3.05, 3.63) is 39.1 Å². The zero-order valence-electron chi connectivity index (χ0n) is 12.3. The zero-order chi connectivity index (χ0) is 14.7. The average molecular weight is 276 g/mol. The van der Waals surface area contributed by atoms with Crippen LogP contribution in [-0.2, 0) is 12.8 Å². The number of anilines is 1. The lowest BCUT2D eigenvalue weighted by Crippen LogP contribution is -2.18. The third-order valence-electron chi connectivity index (χ3n) is 3.03. The highest BCUT2D eigenvalue weighted by Gasteiger charge is 2.10. The van der Waals surface area contributed by atoms with Crippen LogP contribution in [0.15, 0.2) is 15.4 Å². The van der Waals surface area contributed by atoms with Crippen molar-refractivity contribution in [3.8, 4) is 0 Å². The second-order valence-corrected chi connectivity index (χ2v) is 5.19. The molecule has 0 saturated carbocycles. The molecule has 2 rings (SSSR count). The van der Waals surface area contributed by atoms with Crippen LogP contribution in [0.5, 0.6) is 0 Å². The van der Waals surface area contributed by atoms with Gasteiger partial charge in [0, 0.05) is 17.7 Å². The Hall–Kier alpha value is -2.11. The number of aromatic nitrogens is 3. The van der Waals surface area contributed by atoms with Gasteiger partial charge in [0.05, 0.1) is 11.4 Å². The molecule has 108 valence electrons. The molecule has 6 nitrogen and oxygen atoms in total. The van der Waals surface area contributed by atoms with E-state index in [-0.39, 0.29) is 11.6 Å². The zero-order valence-corrected chi connectivity index (χ0v) is 12.3. The fourth-order valence-corrected chi connectivity index (χ4v) is 2.09. The molecule has 0 aliphatic heterocycles. The summed E-state index contributed by atoms with van der Waals surface area (Å²) in [5.41, 5.74) is 2.60. The van der Waals surface area contributed by atoms with Crippen molar-refractivity contribution in [2.75, 3.05) is 5.32 Å². The molecule has 0 unspecified atom stereocenters. The van der Waals surface area contributed by atoms with Gasteiger partial charge in [-0.15, -0.1) is 0 Å². The van der Waals surface area contributed by atoms with Gasteiger partial charge in [0.15, 0.2) is 0 Å². The van der Waals surface area contributed by atoms with Gasteiger partial charge in [-0.25, -0.2) is 4.98 Å². The lowest BCUT2D eigenvalue weighted by Gasteiger charge is -2.09. The van der Waals surface area contributed by atoms with Gasteiger partial charge >= 0.3 is 0 Å². The summed E-state index contributed by atoms with van der Waals surface area (Å²) in [7, 11) is 0. The maximum atomic E-state index is 11.6. The van der Waals surface area contributed by atoms with Crippen LogP contribution in [0.3, 0.4) is 0 Å². The van der Waals surface area contributed by atoms with Crippen molar-refractivity contribution in [2.45, 2.75) is 46.6 Å². The molecular weight excluding hydrogens is 256 g/mol. The highest BCUT2D eigenvalue weighted by Crippen LogP contribution is 2.14. The van der Waals surface area contributed by atoms with Gasteiger partial charge in [-0.3, -0.25) is 9.78 Å². The van der Waals surface area contributed by atoms with Crippen LogP contribution in [0.2, 0.25) is 0 Å². The summed E-state index contributed by atoms with van der Waals surface area (Å²) >= 11 is 0. The van der Waals surface area contributed by atoms with Crippen LogP contribution in [0.1, 0.15) is 36.6 Å². The van der Waals surface area contributed by atoms with Crippen LogP contribution < -0.4 is 10.9 Å². The lowest BCUT2D eigenvalue weighted by molar-refractivity contribution is 0.392. The van der Waals surface area contributed by atoms with Crippen molar-refractivity contribution in [2.24, 2.45) is 0 Å². The van der Waals surface area contributed by atoms with E-state index in [0.717, 1.165) is 29.1 Å². The Balaban J connectivity index is 2.13. The van der Waals surface area contributed by atoms with Crippen LogP contribution in [0, 0.1) is 13.8 Å². The number of hydrogen-bond acceptors (Lipinski definition) is 5. The average Bonchev–Trinajstić information content (AvgIpc) is 2.65. The molecular formula is C14H20N4O2. The van der Waals surface area contributed by atoms with E-state index < -0.39 is 0 Å². The lowest BCUT2D eigenvalue weighted by atomic mass is 10.1. The number of aryl methyl sites for hydroxylation is 3. The largest absolute Gasteiger partial charge is 0.361 e. The van der Waals surface area contributed by atoms with Gasteiger partial charge < -0.3 is 9.84 Å². The standard InChI is InChI=1S/C14H20N4O2/c1-8(2)15-14-16-11(7-13(19)17-14)5-6-12-9(3)18-20-10(12)4/h7-8H,5-6H2,1-4H3,(H2,15,16,17,19). The minimum atomic E-state index is -0.142. The Kier molecular flexibility index (Phi) is 4.22. The highest BCUT2D eigenvalue weighted by molar-refractivity contribution is 5.27. The molecule has 0 fully saturated rings. The summed E-state index contributed by atoms with van der Waals surface area (Å²) in [4.78, 5) is 18.7. The van der Waals surface area contributed by atoms with E-state index in [0.29, 0.717) is 12.4 Å². The van der Waals surface area contributed by atoms with E-state index in [1.165, 1.54) is 6.07 Å². The number of H-pyrrole nitrogens is 1. The fourth-order valence-electron chi connectivity index (χ4n) is 2.09. The first-order valence-corrected chi connectivity index (χ1v) is 6.74. The highest BCUT2D eigenvalue weighted by atomic mass is 16.5. The van der Waals surface area contributed by atoms with Crippen molar-refractivity contribution < 1.29 is 4.52 Å². The summed E-state index contributed by atoms with van der Waals surface area (Å²) < 4.78 is 5.13. The summed E-state index contributed by atoms with van der Waals surface area (Å²) in [6, 6.07) is 1.75. The van der Waals surface area contributed by atoms with Crippen LogP contribution in [-0.4, -0.2) is 21.2 Å². The van der Waals surface area contributed by atoms with Crippen LogP contribution in [0.25, 0.3) is 0 Å². The number of hydrogen-bond donors (Lipinski definition) is 2. The predicted octanol–water partition coefficient (Wildman–Crippen LogP) is 1.98. The summed E-state index contributed by atoms with van der Waals surface area (Å²) in [5.74, 6) is 1.34. The van der Waals surface area contributed by atoms with Gasteiger partial charge in [0.1, 0.15) is 5.76 Å². The monoisotopic (exact) mass is 276 g/mol. The number of nitrogens with zero attached hydrogens (tertiary/aromatic N) is 2. The van der Waals surface area contributed by atoms with Gasteiger partial charge in [0.2, 0.25) is 5.95 Å². The minimum Gasteiger partial charge on any atom is -0.361 e. The molecule has 0 amide bonds. The van der Waals surface area contributed by atoms with Gasteiger partial charge in [-0.1, -0.05) is 5.16 Å². The first kappa shape index (κ1) is 14.3. The van der Waals surface area contributed by atoms with E-state index >= 15 is 0 Å². The number of nitrogens with one attached hydrogen (secondary N) is 2. The van der Waals surface area contributed by atoms with Crippen molar-refractivity contribution in [1.82, 2.24) is 15.1 Å². The molecule has 2 aromatic heterocycles. The maximum absolute atomic E-state index is 11.6. The molecule has 0 spiro atoms. The van der Waals surface area contributed by atoms with Crippen molar-refractivity contribution in [1.29, 1.82) is 0 Å². The molecule has 2 aromatic rings. The molecule has 2 N–H and O–H groups in total. The smallest absolute Gasteiger partial charge is 0.252 e. The van der Waals surface area contributed by atoms with Gasteiger partial charge in [-0.2, -0.15) is 0 Å². The van der Waals surface area contributed by atoms with Crippen molar-refractivity contribution >= 4 is 5.95 Å². The maximum Gasteiger partial charge on any atom is 0.252 e. The summed E-state index contributed by atoms with van der Waals surface area (Å²) in [6.07, 6.45) is 1.44. The quantitative estimate of drug-likeness (QED) is 0.872. The van der Waals surface area contributed by atoms with Crippen molar-refractivity contribution in [3.63, 3.8) is 0 Å². The Morgan fingerprint density at radius 2 is 2.10 bits per heavy atom. The summed E-state index contributed by atoms with van der Waals surface area (Å²) in [6.45, 7) is 7.81. The molecule has 20 heavy (non-hydrogen) atoms. The predicted molar refractivity (Wildman–Crippen MR) is 77.0 cm³/mol. The van der Waals surface area contributed by atoms with E-state index in [4.69, 9.17) is 4.52 Å². The number of rotatable bonds is 5. The molecule has 0 radical (unpaired) electrons. The molecule has 0 saturated heterocycles. The first-order valence-electron chi connectivity index (χ1n) is 6.74. The first-order chi connectivity index (χ1) is 9.45. The Labute approximate surface area is 117 Å². The van der Waals surface area contributed by atoms with Gasteiger partial charge in [0.25, 0.3) is 5.56 Å². The SMILES string of the molecule is Cc1noc(C)c1CCc1cc(=O)[nH]c(NC(C)C)n1. The third-order valence-corrected chi connectivity index (χ3v) is 3.03. The fraction of sp³-hybridized carbons (Fsp3) is 0.500. The second kappa shape index (κ2) is 5.90.